The Hall–Kier alpha value is -1.36. The van der Waals surface area contributed by atoms with Gasteiger partial charge in [0.05, 0.1) is 6.10 Å². The van der Waals surface area contributed by atoms with Crippen LogP contribution in [-0.4, -0.2) is 36.9 Å². The number of ether oxygens (including phenoxy) is 3. The molecule has 17 heavy (non-hydrogen) atoms. The van der Waals surface area contributed by atoms with Crippen LogP contribution in [0.4, 0.5) is 0 Å². The van der Waals surface area contributed by atoms with Crippen molar-refractivity contribution >= 4 is 11.9 Å². The van der Waals surface area contributed by atoms with Gasteiger partial charge in [0.25, 0.3) is 0 Å². The minimum Gasteiger partial charge on any atom is -0.463 e. The Kier molecular flexibility index (Phi) is 5.15. The van der Waals surface area contributed by atoms with Crippen LogP contribution in [-0.2, 0) is 23.8 Å². The van der Waals surface area contributed by atoms with Gasteiger partial charge in [0.15, 0.2) is 0 Å². The van der Waals surface area contributed by atoms with Crippen molar-refractivity contribution in [2.24, 2.45) is 0 Å². The lowest BCUT2D eigenvalue weighted by molar-refractivity contribution is -0.154. The van der Waals surface area contributed by atoms with E-state index in [-0.39, 0.29) is 36.9 Å². The van der Waals surface area contributed by atoms with Crippen molar-refractivity contribution in [2.45, 2.75) is 45.0 Å². The number of carbonyl (C=O) groups is 2. The molecule has 0 unspecified atom stereocenters. The van der Waals surface area contributed by atoms with E-state index < -0.39 is 0 Å². The summed E-state index contributed by atoms with van der Waals surface area (Å²) in [7, 11) is 0. The van der Waals surface area contributed by atoms with Gasteiger partial charge in [0.2, 0.25) is 0 Å². The molecule has 1 rings (SSSR count). The summed E-state index contributed by atoms with van der Waals surface area (Å²) in [5, 5.41) is 0. The minimum absolute atomic E-state index is 0.0302. The van der Waals surface area contributed by atoms with Crippen LogP contribution in [0, 0.1) is 0 Å². The van der Waals surface area contributed by atoms with Crippen LogP contribution < -0.4 is 0 Å². The summed E-state index contributed by atoms with van der Waals surface area (Å²) >= 11 is 0. The number of carbonyl (C=O) groups excluding carboxylic acids is 2. The molecule has 1 fully saturated rings. The number of esters is 2. The summed E-state index contributed by atoms with van der Waals surface area (Å²) in [6.45, 7) is 6.43. The van der Waals surface area contributed by atoms with Gasteiger partial charge in [-0.25, -0.2) is 0 Å². The maximum absolute atomic E-state index is 10.9. The molecule has 0 bridgehead atoms. The zero-order valence-electron chi connectivity index (χ0n) is 10.2. The third-order valence-electron chi connectivity index (χ3n) is 2.47. The zero-order chi connectivity index (χ0) is 12.8. The molecular formula is C12H18O5. The van der Waals surface area contributed by atoms with E-state index in [0.717, 1.165) is 0 Å². The first-order valence-electron chi connectivity index (χ1n) is 5.60. The highest BCUT2D eigenvalue weighted by molar-refractivity contribution is 5.66. The highest BCUT2D eigenvalue weighted by atomic mass is 16.6. The van der Waals surface area contributed by atoms with E-state index in [0.29, 0.717) is 12.8 Å². The molecule has 5 heteroatoms. The Labute approximate surface area is 101 Å². The predicted octanol–water partition coefficient (Wildman–Crippen LogP) is 1.21. The molecule has 96 valence electrons. The molecule has 0 aromatic rings. The Morgan fingerprint density at radius 3 is 2.65 bits per heavy atom. The molecule has 0 aliphatic carbocycles. The second-order valence-electron chi connectivity index (χ2n) is 4.01. The van der Waals surface area contributed by atoms with Gasteiger partial charge >= 0.3 is 11.9 Å². The standard InChI is InChI=1S/C12H18O5/c1-4-5-10-6-11(16-9(3)14)12(17-10)7-15-8(2)13/h4,10-12H,1,5-7H2,2-3H3/t10-,11+,12+/m0/s1. The largest absolute Gasteiger partial charge is 0.463 e. The Morgan fingerprint density at radius 1 is 1.41 bits per heavy atom. The summed E-state index contributed by atoms with van der Waals surface area (Å²) in [6.07, 6.45) is 2.29. The molecule has 0 radical (unpaired) electrons. The average molecular weight is 242 g/mol. The van der Waals surface area contributed by atoms with Gasteiger partial charge in [0, 0.05) is 20.3 Å². The molecule has 0 amide bonds. The molecule has 5 nitrogen and oxygen atoms in total. The maximum Gasteiger partial charge on any atom is 0.302 e. The van der Waals surface area contributed by atoms with Crippen LogP contribution in [0.25, 0.3) is 0 Å². The van der Waals surface area contributed by atoms with E-state index in [1.54, 1.807) is 6.08 Å². The van der Waals surface area contributed by atoms with E-state index in [4.69, 9.17) is 14.2 Å². The summed E-state index contributed by atoms with van der Waals surface area (Å²) in [4.78, 5) is 21.7. The average Bonchev–Trinajstić information content (AvgIpc) is 2.57. The lowest BCUT2D eigenvalue weighted by Gasteiger charge is -2.17. The maximum atomic E-state index is 10.9. The Morgan fingerprint density at radius 2 is 2.12 bits per heavy atom. The van der Waals surface area contributed by atoms with Crippen molar-refractivity contribution in [1.29, 1.82) is 0 Å². The van der Waals surface area contributed by atoms with E-state index in [9.17, 15) is 9.59 Å². The molecule has 0 aromatic heterocycles. The molecule has 1 heterocycles. The fourth-order valence-electron chi connectivity index (χ4n) is 1.82. The molecule has 1 aliphatic rings. The second-order valence-corrected chi connectivity index (χ2v) is 4.01. The summed E-state index contributed by atoms with van der Waals surface area (Å²) in [6, 6.07) is 0. The zero-order valence-corrected chi connectivity index (χ0v) is 10.2. The highest BCUT2D eigenvalue weighted by Gasteiger charge is 2.37. The summed E-state index contributed by atoms with van der Waals surface area (Å²) in [5.74, 6) is -0.729. The van der Waals surface area contributed by atoms with Crippen molar-refractivity contribution in [3.05, 3.63) is 12.7 Å². The molecule has 1 aliphatic heterocycles. The van der Waals surface area contributed by atoms with Crippen LogP contribution in [0.3, 0.4) is 0 Å². The second kappa shape index (κ2) is 6.39. The van der Waals surface area contributed by atoms with Crippen molar-refractivity contribution in [2.75, 3.05) is 6.61 Å². The van der Waals surface area contributed by atoms with Crippen molar-refractivity contribution in [3.63, 3.8) is 0 Å². The smallest absolute Gasteiger partial charge is 0.302 e. The van der Waals surface area contributed by atoms with Gasteiger partial charge in [-0.15, -0.1) is 6.58 Å². The van der Waals surface area contributed by atoms with Crippen LogP contribution >= 0.6 is 0 Å². The minimum atomic E-state index is -0.382. The van der Waals surface area contributed by atoms with Gasteiger partial charge in [-0.1, -0.05) is 6.08 Å². The van der Waals surface area contributed by atoms with Crippen LogP contribution in [0.2, 0.25) is 0 Å². The van der Waals surface area contributed by atoms with Crippen LogP contribution in [0.15, 0.2) is 12.7 Å². The molecule has 0 saturated carbocycles. The summed E-state index contributed by atoms with van der Waals surface area (Å²) < 4.78 is 15.7. The predicted molar refractivity (Wildman–Crippen MR) is 60.3 cm³/mol. The van der Waals surface area contributed by atoms with E-state index >= 15 is 0 Å². The third kappa shape index (κ3) is 4.56. The molecule has 0 aromatic carbocycles. The Balaban J connectivity index is 2.53. The SMILES string of the molecule is C=CC[C@H]1C[C@@H](OC(C)=O)[C@@H](COC(C)=O)O1. The first kappa shape index (κ1) is 13.7. The number of rotatable bonds is 5. The first-order chi connectivity index (χ1) is 8.02. The van der Waals surface area contributed by atoms with Crippen molar-refractivity contribution in [3.8, 4) is 0 Å². The van der Waals surface area contributed by atoms with Crippen molar-refractivity contribution < 1.29 is 23.8 Å². The van der Waals surface area contributed by atoms with Gasteiger partial charge < -0.3 is 14.2 Å². The fourth-order valence-corrected chi connectivity index (χ4v) is 1.82. The van der Waals surface area contributed by atoms with Gasteiger partial charge in [-0.2, -0.15) is 0 Å². The van der Waals surface area contributed by atoms with Gasteiger partial charge in [-0.3, -0.25) is 9.59 Å². The summed E-state index contributed by atoms with van der Waals surface area (Å²) in [5.41, 5.74) is 0. The van der Waals surface area contributed by atoms with E-state index in [1.807, 2.05) is 0 Å². The number of hydrogen-bond acceptors (Lipinski definition) is 5. The topological polar surface area (TPSA) is 61.8 Å². The third-order valence-corrected chi connectivity index (χ3v) is 2.47. The lowest BCUT2D eigenvalue weighted by Crippen LogP contribution is -2.31. The lowest BCUT2D eigenvalue weighted by atomic mass is 10.1. The monoisotopic (exact) mass is 242 g/mol. The van der Waals surface area contributed by atoms with Crippen molar-refractivity contribution in [1.82, 2.24) is 0 Å². The van der Waals surface area contributed by atoms with Gasteiger partial charge in [-0.05, 0) is 6.42 Å². The van der Waals surface area contributed by atoms with E-state index in [1.165, 1.54) is 13.8 Å². The fraction of sp³-hybridized carbons (Fsp3) is 0.667. The molecule has 0 spiro atoms. The first-order valence-corrected chi connectivity index (χ1v) is 5.60. The molecular weight excluding hydrogens is 224 g/mol. The van der Waals surface area contributed by atoms with Crippen LogP contribution in [0.1, 0.15) is 26.7 Å². The highest BCUT2D eigenvalue weighted by Crippen LogP contribution is 2.26. The molecule has 0 N–H and O–H groups in total. The normalized spacial score (nSPS) is 27.5. The number of hydrogen-bond donors (Lipinski definition) is 0. The molecule has 1 saturated heterocycles. The van der Waals surface area contributed by atoms with E-state index in [2.05, 4.69) is 6.58 Å². The van der Waals surface area contributed by atoms with Crippen LogP contribution in [0.5, 0.6) is 0 Å². The molecule has 3 atom stereocenters. The quantitative estimate of drug-likeness (QED) is 0.535. The Bertz CT molecular complexity index is 299. The van der Waals surface area contributed by atoms with Gasteiger partial charge in [0.1, 0.15) is 18.8 Å².